The lowest BCUT2D eigenvalue weighted by Gasteiger charge is -2.41. The van der Waals surface area contributed by atoms with E-state index < -0.39 is 43.4 Å². The molecule has 0 saturated carbocycles. The minimum absolute atomic E-state index is 0.0503. The van der Waals surface area contributed by atoms with Gasteiger partial charge < -0.3 is 34.6 Å². The van der Waals surface area contributed by atoms with Crippen molar-refractivity contribution in [2.75, 3.05) is 6.61 Å². The van der Waals surface area contributed by atoms with E-state index in [1.54, 1.807) is 0 Å². The van der Waals surface area contributed by atoms with Crippen molar-refractivity contribution in [3.8, 4) is 0 Å². The number of hydrogen-bond acceptors (Lipinski definition) is 8. The largest absolute Gasteiger partial charge is 0.458 e. The van der Waals surface area contributed by atoms with Gasteiger partial charge in [-0.2, -0.15) is 0 Å². The first-order valence-electron chi connectivity index (χ1n) is 9.91. The molecule has 2 saturated heterocycles. The molecule has 29 heavy (non-hydrogen) atoms. The van der Waals surface area contributed by atoms with E-state index in [1.165, 1.54) is 0 Å². The Kier molecular flexibility index (Phi) is 6.93. The first-order chi connectivity index (χ1) is 13.7. The van der Waals surface area contributed by atoms with Crippen molar-refractivity contribution in [3.63, 3.8) is 0 Å². The quantitative estimate of drug-likeness (QED) is 0.298. The van der Waals surface area contributed by atoms with Crippen molar-refractivity contribution in [3.05, 3.63) is 35.5 Å². The normalized spacial score (nSPS) is 44.9. The number of aliphatic hydroxyl groups is 4. The Bertz CT molecular complexity index is 697. The van der Waals surface area contributed by atoms with Gasteiger partial charge in [-0.05, 0) is 32.3 Å². The van der Waals surface area contributed by atoms with E-state index in [-0.39, 0.29) is 18.0 Å². The molecule has 0 aromatic heterocycles. The van der Waals surface area contributed by atoms with Crippen LogP contribution in [0.4, 0.5) is 0 Å². The third-order valence-corrected chi connectivity index (χ3v) is 5.97. The second-order valence-corrected chi connectivity index (χ2v) is 8.07. The van der Waals surface area contributed by atoms with Gasteiger partial charge in [0.15, 0.2) is 6.29 Å². The SMILES string of the molecule is C=C1C(=O)O[C@@H]2C/C=C(\C)[C@@H](O[C@@H]3O[C@H](CO)[C@@H](O)[C@H](O)[C@H]3O)C/C=C(\C)C[C@@H]12. The minimum Gasteiger partial charge on any atom is -0.458 e. The molecule has 3 aliphatic rings. The van der Waals surface area contributed by atoms with Gasteiger partial charge in [-0.25, -0.2) is 4.79 Å². The fourth-order valence-corrected chi connectivity index (χ4v) is 4.00. The molecule has 0 aromatic carbocycles. The molecule has 162 valence electrons. The number of rotatable bonds is 3. The number of carbonyl (C=O) groups is 1. The van der Waals surface area contributed by atoms with Crippen LogP contribution in [-0.4, -0.2) is 75.9 Å². The van der Waals surface area contributed by atoms with Crippen LogP contribution in [-0.2, 0) is 19.0 Å². The number of fused-ring (bicyclic) bond motifs is 1. The van der Waals surface area contributed by atoms with Crippen LogP contribution in [0.5, 0.6) is 0 Å². The van der Waals surface area contributed by atoms with Gasteiger partial charge in [0.25, 0.3) is 0 Å². The number of aliphatic hydroxyl groups excluding tert-OH is 4. The lowest BCUT2D eigenvalue weighted by Crippen LogP contribution is -2.59. The molecule has 0 aromatic rings. The van der Waals surface area contributed by atoms with Gasteiger partial charge in [0, 0.05) is 17.9 Å². The molecule has 8 nitrogen and oxygen atoms in total. The van der Waals surface area contributed by atoms with Crippen molar-refractivity contribution >= 4 is 5.97 Å². The highest BCUT2D eigenvalue weighted by molar-refractivity contribution is 5.90. The van der Waals surface area contributed by atoms with Crippen molar-refractivity contribution < 1.29 is 39.4 Å². The molecule has 0 spiro atoms. The monoisotopic (exact) mass is 410 g/mol. The number of allylic oxidation sites excluding steroid dienone is 1. The molecule has 1 aliphatic carbocycles. The van der Waals surface area contributed by atoms with Crippen molar-refractivity contribution in [2.45, 2.75) is 76.0 Å². The zero-order valence-electron chi connectivity index (χ0n) is 16.7. The van der Waals surface area contributed by atoms with Gasteiger partial charge in [-0.1, -0.05) is 24.3 Å². The summed E-state index contributed by atoms with van der Waals surface area (Å²) in [5, 5.41) is 39.5. The van der Waals surface area contributed by atoms with Crippen molar-refractivity contribution in [1.29, 1.82) is 0 Å². The third-order valence-electron chi connectivity index (χ3n) is 5.97. The predicted octanol–water partition coefficient (Wildman–Crippen LogP) is 0.346. The predicted molar refractivity (Wildman–Crippen MR) is 103 cm³/mol. The summed E-state index contributed by atoms with van der Waals surface area (Å²) in [5.41, 5.74) is 2.43. The fraction of sp³-hybridized carbons (Fsp3) is 0.667. The van der Waals surface area contributed by atoms with Gasteiger partial charge in [0.1, 0.15) is 30.5 Å². The second kappa shape index (κ2) is 9.07. The molecule has 0 bridgehead atoms. The summed E-state index contributed by atoms with van der Waals surface area (Å²) in [6.45, 7) is 7.21. The van der Waals surface area contributed by atoms with E-state index in [1.807, 2.05) is 26.0 Å². The smallest absolute Gasteiger partial charge is 0.334 e. The lowest BCUT2D eigenvalue weighted by atomic mass is 9.87. The molecule has 8 heteroatoms. The van der Waals surface area contributed by atoms with Gasteiger partial charge in [0.2, 0.25) is 0 Å². The summed E-state index contributed by atoms with van der Waals surface area (Å²) in [4.78, 5) is 11.9. The average Bonchev–Trinajstić information content (AvgIpc) is 2.96. The van der Waals surface area contributed by atoms with Gasteiger partial charge in [-0.15, -0.1) is 0 Å². The van der Waals surface area contributed by atoms with Crippen molar-refractivity contribution in [2.24, 2.45) is 5.92 Å². The summed E-state index contributed by atoms with van der Waals surface area (Å²) in [6, 6.07) is 0. The first-order valence-corrected chi connectivity index (χ1v) is 9.91. The first kappa shape index (κ1) is 22.1. The Morgan fingerprint density at radius 2 is 1.86 bits per heavy atom. The third kappa shape index (κ3) is 4.63. The maximum Gasteiger partial charge on any atom is 0.334 e. The zero-order chi connectivity index (χ0) is 21.3. The summed E-state index contributed by atoms with van der Waals surface area (Å²) in [6.07, 6.45) is -1.71. The van der Waals surface area contributed by atoms with E-state index in [9.17, 15) is 25.2 Å². The van der Waals surface area contributed by atoms with Crippen LogP contribution in [0.3, 0.4) is 0 Å². The Labute approximate surface area is 170 Å². The van der Waals surface area contributed by atoms with Crippen LogP contribution in [0.15, 0.2) is 35.5 Å². The van der Waals surface area contributed by atoms with Gasteiger partial charge in [-0.3, -0.25) is 0 Å². The van der Waals surface area contributed by atoms with E-state index in [0.29, 0.717) is 24.8 Å². The lowest BCUT2D eigenvalue weighted by molar-refractivity contribution is -0.308. The van der Waals surface area contributed by atoms with E-state index in [2.05, 4.69) is 6.58 Å². The highest BCUT2D eigenvalue weighted by Crippen LogP contribution is 2.35. The molecule has 3 rings (SSSR count). The Hall–Kier alpha value is -1.55. The molecule has 0 unspecified atom stereocenters. The number of esters is 1. The Morgan fingerprint density at radius 1 is 1.14 bits per heavy atom. The van der Waals surface area contributed by atoms with Crippen LogP contribution in [0, 0.1) is 5.92 Å². The molecule has 0 amide bonds. The molecule has 8 atom stereocenters. The average molecular weight is 410 g/mol. The summed E-state index contributed by atoms with van der Waals surface area (Å²) >= 11 is 0. The Balaban J connectivity index is 1.77. The zero-order valence-corrected chi connectivity index (χ0v) is 16.7. The number of hydrogen-bond donors (Lipinski definition) is 4. The summed E-state index contributed by atoms with van der Waals surface area (Å²) < 4.78 is 16.9. The van der Waals surface area contributed by atoms with E-state index in [4.69, 9.17) is 14.2 Å². The minimum atomic E-state index is -1.49. The second-order valence-electron chi connectivity index (χ2n) is 8.07. The maximum atomic E-state index is 11.9. The fourth-order valence-electron chi connectivity index (χ4n) is 4.00. The van der Waals surface area contributed by atoms with Gasteiger partial charge >= 0.3 is 5.97 Å². The van der Waals surface area contributed by atoms with Crippen LogP contribution in [0.2, 0.25) is 0 Å². The van der Waals surface area contributed by atoms with Crippen LogP contribution >= 0.6 is 0 Å². The van der Waals surface area contributed by atoms with E-state index >= 15 is 0 Å². The summed E-state index contributed by atoms with van der Waals surface area (Å²) in [5.74, 6) is -0.405. The Morgan fingerprint density at radius 3 is 2.55 bits per heavy atom. The summed E-state index contributed by atoms with van der Waals surface area (Å²) in [7, 11) is 0. The molecule has 2 fully saturated rings. The molecule has 2 aliphatic heterocycles. The van der Waals surface area contributed by atoms with Crippen molar-refractivity contribution in [1.82, 2.24) is 0 Å². The topological polar surface area (TPSA) is 126 Å². The van der Waals surface area contributed by atoms with Crippen LogP contribution in [0.25, 0.3) is 0 Å². The molecular weight excluding hydrogens is 380 g/mol. The van der Waals surface area contributed by atoms with Gasteiger partial charge in [0.05, 0.1) is 12.7 Å². The number of ether oxygens (including phenoxy) is 3. The molecule has 0 radical (unpaired) electrons. The van der Waals surface area contributed by atoms with E-state index in [0.717, 1.165) is 11.1 Å². The number of carbonyl (C=O) groups excluding carboxylic acids is 1. The highest BCUT2D eigenvalue weighted by atomic mass is 16.7. The van der Waals surface area contributed by atoms with Crippen LogP contribution < -0.4 is 0 Å². The molecule has 4 N–H and O–H groups in total. The molecular formula is C21H30O8. The molecule has 2 heterocycles. The highest BCUT2D eigenvalue weighted by Gasteiger charge is 2.45. The van der Waals surface area contributed by atoms with Crippen LogP contribution in [0.1, 0.15) is 33.1 Å². The maximum absolute atomic E-state index is 11.9. The standard InChI is InChI=1S/C21H30O8/c1-10-4-6-14(28-21-19(25)18(24)17(23)16(9-22)29-21)11(2)5-7-15-13(8-10)12(3)20(26)27-15/h4-5,13-19,21-25H,3,6-9H2,1-2H3/b10-4+,11-5+/t13-,14-,15+,16+,17+,18-,19+,21+/m0/s1.